The summed E-state index contributed by atoms with van der Waals surface area (Å²) in [5.41, 5.74) is 0. The minimum Gasteiger partial charge on any atom is -0.466 e. The summed E-state index contributed by atoms with van der Waals surface area (Å²) in [6.07, 6.45) is -2.39. The van der Waals surface area contributed by atoms with E-state index in [1.807, 2.05) is 0 Å². The molecule has 76 valence electrons. The number of hydrogen-bond acceptors (Lipinski definition) is 2. The SMILES string of the molecule is CCOC(=O)[C@H]1CC[C@@H](F)[C@@H](F)C1. The lowest BCUT2D eigenvalue weighted by Crippen LogP contribution is -2.32. The van der Waals surface area contributed by atoms with Crippen LogP contribution >= 0.6 is 0 Å². The highest BCUT2D eigenvalue weighted by molar-refractivity contribution is 5.72. The summed E-state index contributed by atoms with van der Waals surface area (Å²) in [5, 5.41) is 0. The molecule has 1 aliphatic rings. The first-order valence-corrected chi connectivity index (χ1v) is 4.60. The van der Waals surface area contributed by atoms with E-state index in [2.05, 4.69) is 0 Å². The molecule has 0 aromatic carbocycles. The van der Waals surface area contributed by atoms with E-state index in [4.69, 9.17) is 4.74 Å². The first-order valence-electron chi connectivity index (χ1n) is 4.60. The fourth-order valence-electron chi connectivity index (χ4n) is 1.55. The van der Waals surface area contributed by atoms with Crippen LogP contribution in [-0.2, 0) is 9.53 Å². The molecule has 3 atom stereocenters. The van der Waals surface area contributed by atoms with Gasteiger partial charge in [-0.1, -0.05) is 0 Å². The fraction of sp³-hybridized carbons (Fsp3) is 0.889. The summed E-state index contributed by atoms with van der Waals surface area (Å²) in [7, 11) is 0. The van der Waals surface area contributed by atoms with Crippen molar-refractivity contribution in [2.24, 2.45) is 5.92 Å². The summed E-state index contributed by atoms with van der Waals surface area (Å²) >= 11 is 0. The van der Waals surface area contributed by atoms with Gasteiger partial charge in [-0.3, -0.25) is 4.79 Å². The van der Waals surface area contributed by atoms with E-state index in [1.54, 1.807) is 6.92 Å². The van der Waals surface area contributed by atoms with Gasteiger partial charge in [0.15, 0.2) is 0 Å². The van der Waals surface area contributed by atoms with Crippen molar-refractivity contribution in [3.8, 4) is 0 Å². The summed E-state index contributed by atoms with van der Waals surface area (Å²) in [5.74, 6) is -0.834. The molecule has 0 aromatic rings. The number of carbonyl (C=O) groups excluding carboxylic acids is 1. The molecule has 1 saturated carbocycles. The molecule has 4 heteroatoms. The van der Waals surface area contributed by atoms with E-state index in [0.717, 1.165) is 0 Å². The van der Waals surface area contributed by atoms with Crippen LogP contribution in [0.3, 0.4) is 0 Å². The van der Waals surface area contributed by atoms with Crippen molar-refractivity contribution in [3.05, 3.63) is 0 Å². The topological polar surface area (TPSA) is 26.3 Å². The van der Waals surface area contributed by atoms with Crippen LogP contribution in [-0.4, -0.2) is 24.9 Å². The highest BCUT2D eigenvalue weighted by Gasteiger charge is 2.34. The van der Waals surface area contributed by atoms with Gasteiger partial charge in [-0.05, 0) is 26.2 Å². The predicted octanol–water partition coefficient (Wildman–Crippen LogP) is 2.03. The van der Waals surface area contributed by atoms with Crippen LogP contribution in [0.15, 0.2) is 0 Å². The molecule has 1 rings (SSSR count). The van der Waals surface area contributed by atoms with Crippen molar-refractivity contribution in [2.75, 3.05) is 6.61 Å². The van der Waals surface area contributed by atoms with E-state index in [1.165, 1.54) is 0 Å². The minimum atomic E-state index is -1.50. The van der Waals surface area contributed by atoms with Crippen molar-refractivity contribution in [3.63, 3.8) is 0 Å². The van der Waals surface area contributed by atoms with E-state index >= 15 is 0 Å². The third kappa shape index (κ3) is 2.64. The summed E-state index contributed by atoms with van der Waals surface area (Å²) < 4.78 is 30.3. The molecule has 1 fully saturated rings. The van der Waals surface area contributed by atoms with Crippen molar-refractivity contribution >= 4 is 5.97 Å². The fourth-order valence-corrected chi connectivity index (χ4v) is 1.55. The van der Waals surface area contributed by atoms with E-state index in [0.29, 0.717) is 13.0 Å². The monoisotopic (exact) mass is 192 g/mol. The summed E-state index contributed by atoms with van der Waals surface area (Å²) in [4.78, 5) is 11.1. The molecule has 0 radical (unpaired) electrons. The van der Waals surface area contributed by atoms with E-state index in [-0.39, 0.29) is 12.8 Å². The Bertz CT molecular complexity index is 184. The minimum absolute atomic E-state index is 0.0278. The second-order valence-electron chi connectivity index (χ2n) is 3.29. The molecule has 0 unspecified atom stereocenters. The van der Waals surface area contributed by atoms with E-state index in [9.17, 15) is 13.6 Å². The standard InChI is InChI=1S/C9H14F2O2/c1-2-13-9(12)6-3-4-7(10)8(11)5-6/h6-8H,2-5H2,1H3/t6-,7+,8-/m0/s1. The molecule has 13 heavy (non-hydrogen) atoms. The Labute approximate surface area is 76.3 Å². The lowest BCUT2D eigenvalue weighted by atomic mass is 9.87. The smallest absolute Gasteiger partial charge is 0.309 e. The number of ether oxygens (including phenoxy) is 1. The van der Waals surface area contributed by atoms with Crippen LogP contribution in [0, 0.1) is 5.92 Å². The number of rotatable bonds is 2. The van der Waals surface area contributed by atoms with Crippen LogP contribution in [0.2, 0.25) is 0 Å². The zero-order chi connectivity index (χ0) is 9.84. The quantitative estimate of drug-likeness (QED) is 0.626. The van der Waals surface area contributed by atoms with Crippen LogP contribution in [0.5, 0.6) is 0 Å². The van der Waals surface area contributed by atoms with Gasteiger partial charge < -0.3 is 4.74 Å². The third-order valence-corrected chi connectivity index (χ3v) is 2.31. The van der Waals surface area contributed by atoms with Crippen LogP contribution in [0.4, 0.5) is 8.78 Å². The van der Waals surface area contributed by atoms with Crippen LogP contribution in [0.1, 0.15) is 26.2 Å². The Hall–Kier alpha value is -0.670. The normalized spacial score (nSPS) is 34.2. The average molecular weight is 192 g/mol. The Morgan fingerprint density at radius 1 is 1.38 bits per heavy atom. The lowest BCUT2D eigenvalue weighted by Gasteiger charge is -2.25. The molecule has 0 saturated heterocycles. The van der Waals surface area contributed by atoms with Crippen molar-refractivity contribution in [1.29, 1.82) is 0 Å². The molecule has 1 aliphatic carbocycles. The van der Waals surface area contributed by atoms with Gasteiger partial charge in [0, 0.05) is 0 Å². The summed E-state index contributed by atoms with van der Waals surface area (Å²) in [6.45, 7) is 2.00. The first kappa shape index (κ1) is 10.4. The number of esters is 1. The molecule has 0 spiro atoms. The molecule has 0 N–H and O–H groups in total. The number of hydrogen-bond donors (Lipinski definition) is 0. The van der Waals surface area contributed by atoms with Crippen molar-refractivity contribution in [2.45, 2.75) is 38.5 Å². The van der Waals surface area contributed by atoms with Gasteiger partial charge in [0.25, 0.3) is 0 Å². The van der Waals surface area contributed by atoms with Crippen molar-refractivity contribution in [1.82, 2.24) is 0 Å². The molecule has 0 amide bonds. The van der Waals surface area contributed by atoms with Crippen molar-refractivity contribution < 1.29 is 18.3 Å². The molecule has 0 aliphatic heterocycles. The molecule has 0 aromatic heterocycles. The Balaban J connectivity index is 2.40. The lowest BCUT2D eigenvalue weighted by molar-refractivity contribution is -0.150. The molecular formula is C9H14F2O2. The predicted molar refractivity (Wildman–Crippen MR) is 43.8 cm³/mol. The van der Waals surface area contributed by atoms with Gasteiger partial charge in [0.2, 0.25) is 0 Å². The highest BCUT2D eigenvalue weighted by Crippen LogP contribution is 2.29. The second kappa shape index (κ2) is 4.53. The van der Waals surface area contributed by atoms with Gasteiger partial charge >= 0.3 is 5.97 Å². The van der Waals surface area contributed by atoms with Gasteiger partial charge in [-0.25, -0.2) is 8.78 Å². The Kier molecular flexibility index (Phi) is 3.63. The third-order valence-electron chi connectivity index (χ3n) is 2.31. The van der Waals surface area contributed by atoms with Gasteiger partial charge in [-0.2, -0.15) is 0 Å². The average Bonchev–Trinajstić information content (AvgIpc) is 2.10. The number of alkyl halides is 2. The molecule has 0 bridgehead atoms. The molecule has 2 nitrogen and oxygen atoms in total. The summed E-state index contributed by atoms with van der Waals surface area (Å²) in [6, 6.07) is 0. The number of halogens is 2. The maximum absolute atomic E-state index is 12.8. The first-order chi connectivity index (χ1) is 6.15. The second-order valence-corrected chi connectivity index (χ2v) is 3.29. The van der Waals surface area contributed by atoms with Crippen LogP contribution < -0.4 is 0 Å². The number of carbonyl (C=O) groups is 1. The zero-order valence-corrected chi connectivity index (χ0v) is 7.63. The van der Waals surface area contributed by atoms with Gasteiger partial charge in [0.1, 0.15) is 12.3 Å². The highest BCUT2D eigenvalue weighted by atomic mass is 19.2. The van der Waals surface area contributed by atoms with Gasteiger partial charge in [0.05, 0.1) is 12.5 Å². The van der Waals surface area contributed by atoms with Crippen LogP contribution in [0.25, 0.3) is 0 Å². The van der Waals surface area contributed by atoms with E-state index < -0.39 is 24.2 Å². The molecular weight excluding hydrogens is 178 g/mol. The Morgan fingerprint density at radius 3 is 2.62 bits per heavy atom. The molecule has 0 heterocycles. The largest absolute Gasteiger partial charge is 0.466 e. The van der Waals surface area contributed by atoms with Gasteiger partial charge in [-0.15, -0.1) is 0 Å². The Morgan fingerprint density at radius 2 is 2.08 bits per heavy atom. The maximum Gasteiger partial charge on any atom is 0.309 e. The zero-order valence-electron chi connectivity index (χ0n) is 7.63. The maximum atomic E-state index is 12.8.